The molecule has 1 radical (unpaired) electrons. The molecule has 2 nitrogen and oxygen atoms in total. The Morgan fingerprint density at radius 2 is 2.31 bits per heavy atom. The van der Waals surface area contributed by atoms with Crippen molar-refractivity contribution in [3.63, 3.8) is 0 Å². The van der Waals surface area contributed by atoms with Gasteiger partial charge in [-0.05, 0) is 25.1 Å². The summed E-state index contributed by atoms with van der Waals surface area (Å²) in [5.41, 5.74) is 0.872. The van der Waals surface area contributed by atoms with Crippen LogP contribution in [0.2, 0.25) is 5.02 Å². The Bertz CT molecular complexity index is 422. The zero-order valence-corrected chi connectivity index (χ0v) is 7.80. The first-order chi connectivity index (χ1) is 6.25. The van der Waals surface area contributed by atoms with E-state index in [-0.39, 0.29) is 0 Å². The SMILES string of the molecule is Cc1[c]nc(-c2cccc(Cl)c2)o1. The lowest BCUT2D eigenvalue weighted by Gasteiger charge is -1.94. The van der Waals surface area contributed by atoms with Gasteiger partial charge in [0.1, 0.15) is 12.0 Å². The lowest BCUT2D eigenvalue weighted by atomic mass is 10.2. The number of hydrogen-bond donors (Lipinski definition) is 0. The van der Waals surface area contributed by atoms with E-state index in [1.807, 2.05) is 18.2 Å². The molecule has 0 N–H and O–H groups in total. The predicted molar refractivity (Wildman–Crippen MR) is 50.5 cm³/mol. The van der Waals surface area contributed by atoms with E-state index in [1.165, 1.54) is 0 Å². The van der Waals surface area contributed by atoms with Gasteiger partial charge in [-0.15, -0.1) is 0 Å². The summed E-state index contributed by atoms with van der Waals surface area (Å²) in [6, 6.07) is 7.37. The summed E-state index contributed by atoms with van der Waals surface area (Å²) in [6.45, 7) is 1.81. The minimum atomic E-state index is 0.556. The van der Waals surface area contributed by atoms with Crippen molar-refractivity contribution >= 4 is 11.6 Å². The molecule has 2 aromatic rings. The molecule has 0 amide bonds. The number of rotatable bonds is 1. The Balaban J connectivity index is 2.46. The molecule has 0 atom stereocenters. The van der Waals surface area contributed by atoms with Crippen molar-refractivity contribution in [2.45, 2.75) is 6.92 Å². The molecule has 1 heterocycles. The minimum Gasteiger partial charge on any atom is -0.441 e. The number of nitrogens with zero attached hydrogens (tertiary/aromatic N) is 1. The second-order valence-corrected chi connectivity index (χ2v) is 3.13. The van der Waals surface area contributed by atoms with Gasteiger partial charge < -0.3 is 4.42 Å². The number of benzene rings is 1. The Kier molecular flexibility index (Phi) is 2.07. The number of halogens is 1. The molecule has 0 fully saturated rings. The van der Waals surface area contributed by atoms with Crippen molar-refractivity contribution in [3.05, 3.63) is 41.2 Å². The predicted octanol–water partition coefficient (Wildman–Crippen LogP) is 3.10. The summed E-state index contributed by atoms with van der Waals surface area (Å²) in [6.07, 6.45) is 2.73. The van der Waals surface area contributed by atoms with Gasteiger partial charge in [0.15, 0.2) is 0 Å². The van der Waals surface area contributed by atoms with Crippen LogP contribution < -0.4 is 0 Å². The number of hydrogen-bond acceptors (Lipinski definition) is 2. The maximum atomic E-state index is 5.82. The van der Waals surface area contributed by atoms with Gasteiger partial charge in [0.2, 0.25) is 5.89 Å². The third-order valence-corrected chi connectivity index (χ3v) is 1.87. The van der Waals surface area contributed by atoms with Gasteiger partial charge in [-0.3, -0.25) is 0 Å². The lowest BCUT2D eigenvalue weighted by Crippen LogP contribution is -1.75. The summed E-state index contributed by atoms with van der Waals surface area (Å²) in [4.78, 5) is 3.98. The second-order valence-electron chi connectivity index (χ2n) is 2.70. The number of aromatic nitrogens is 1. The molecule has 0 spiro atoms. The fourth-order valence-corrected chi connectivity index (χ4v) is 1.26. The highest BCUT2D eigenvalue weighted by molar-refractivity contribution is 6.30. The lowest BCUT2D eigenvalue weighted by molar-refractivity contribution is 0.542. The minimum absolute atomic E-state index is 0.556. The molecule has 3 heteroatoms. The van der Waals surface area contributed by atoms with Crippen LogP contribution >= 0.6 is 11.6 Å². The molecular formula is C10H7ClNO. The second kappa shape index (κ2) is 3.23. The van der Waals surface area contributed by atoms with Crippen molar-refractivity contribution in [1.82, 2.24) is 4.98 Å². The first-order valence-electron chi connectivity index (χ1n) is 3.87. The van der Waals surface area contributed by atoms with E-state index in [1.54, 1.807) is 13.0 Å². The molecule has 1 aromatic heterocycles. The smallest absolute Gasteiger partial charge is 0.226 e. The Morgan fingerprint density at radius 1 is 1.46 bits per heavy atom. The standard InChI is InChI=1S/C10H7ClNO/c1-7-6-12-10(13-7)8-3-2-4-9(11)5-8/h2-5H,1H3. The molecule has 0 aliphatic carbocycles. The van der Waals surface area contributed by atoms with Crippen molar-refractivity contribution < 1.29 is 4.42 Å². The van der Waals surface area contributed by atoms with E-state index in [9.17, 15) is 0 Å². The van der Waals surface area contributed by atoms with E-state index in [0.717, 1.165) is 5.56 Å². The zero-order chi connectivity index (χ0) is 9.26. The third-order valence-electron chi connectivity index (χ3n) is 1.64. The van der Waals surface area contributed by atoms with Crippen molar-refractivity contribution in [1.29, 1.82) is 0 Å². The van der Waals surface area contributed by atoms with Crippen LogP contribution in [0.5, 0.6) is 0 Å². The summed E-state index contributed by atoms with van der Waals surface area (Å²) in [5.74, 6) is 1.23. The van der Waals surface area contributed by atoms with Gasteiger partial charge in [0.05, 0.1) is 0 Å². The highest BCUT2D eigenvalue weighted by atomic mass is 35.5. The third kappa shape index (κ3) is 1.73. The van der Waals surface area contributed by atoms with E-state index >= 15 is 0 Å². The van der Waals surface area contributed by atoms with E-state index in [4.69, 9.17) is 16.0 Å². The normalized spacial score (nSPS) is 10.3. The van der Waals surface area contributed by atoms with Crippen LogP contribution in [0.25, 0.3) is 11.5 Å². The molecule has 0 aliphatic rings. The molecule has 0 aliphatic heterocycles. The van der Waals surface area contributed by atoms with Crippen molar-refractivity contribution in [2.24, 2.45) is 0 Å². The van der Waals surface area contributed by atoms with Gasteiger partial charge in [-0.2, -0.15) is 0 Å². The van der Waals surface area contributed by atoms with Gasteiger partial charge in [-0.25, -0.2) is 4.98 Å². The zero-order valence-electron chi connectivity index (χ0n) is 7.04. The van der Waals surface area contributed by atoms with Crippen molar-refractivity contribution in [3.8, 4) is 11.5 Å². The van der Waals surface area contributed by atoms with Crippen LogP contribution in [-0.4, -0.2) is 4.98 Å². The highest BCUT2D eigenvalue weighted by Crippen LogP contribution is 2.21. The van der Waals surface area contributed by atoms with Gasteiger partial charge in [-0.1, -0.05) is 17.7 Å². The van der Waals surface area contributed by atoms with Crippen LogP contribution in [0.1, 0.15) is 5.76 Å². The van der Waals surface area contributed by atoms with Crippen LogP contribution in [0, 0.1) is 13.1 Å². The van der Waals surface area contributed by atoms with Crippen LogP contribution in [0.3, 0.4) is 0 Å². The number of aryl methyl sites for hydroxylation is 1. The average Bonchev–Trinajstić information content (AvgIpc) is 2.52. The van der Waals surface area contributed by atoms with E-state index < -0.39 is 0 Å². The van der Waals surface area contributed by atoms with Gasteiger partial charge >= 0.3 is 0 Å². The Morgan fingerprint density at radius 3 is 2.92 bits per heavy atom. The summed E-state index contributed by atoms with van der Waals surface area (Å²) < 4.78 is 5.30. The maximum Gasteiger partial charge on any atom is 0.226 e. The van der Waals surface area contributed by atoms with Gasteiger partial charge in [0, 0.05) is 10.6 Å². The molecule has 65 valence electrons. The Hall–Kier alpha value is -1.28. The van der Waals surface area contributed by atoms with Crippen LogP contribution in [0.4, 0.5) is 0 Å². The molecule has 0 saturated heterocycles. The Labute approximate surface area is 81.2 Å². The molecule has 0 saturated carbocycles. The quantitative estimate of drug-likeness (QED) is 0.694. The molecule has 0 bridgehead atoms. The fraction of sp³-hybridized carbons (Fsp3) is 0.100. The number of oxazole rings is 1. The fourth-order valence-electron chi connectivity index (χ4n) is 1.07. The van der Waals surface area contributed by atoms with Gasteiger partial charge in [0.25, 0.3) is 0 Å². The molecule has 1 aromatic carbocycles. The molecule has 13 heavy (non-hydrogen) atoms. The first-order valence-corrected chi connectivity index (χ1v) is 4.24. The first kappa shape index (κ1) is 8.32. The summed E-state index contributed by atoms with van der Waals surface area (Å²) >= 11 is 5.82. The molecular weight excluding hydrogens is 186 g/mol. The maximum absolute atomic E-state index is 5.82. The van der Waals surface area contributed by atoms with E-state index in [2.05, 4.69) is 11.2 Å². The molecule has 2 rings (SSSR count). The van der Waals surface area contributed by atoms with E-state index in [0.29, 0.717) is 16.7 Å². The van der Waals surface area contributed by atoms with Crippen LogP contribution in [-0.2, 0) is 0 Å². The average molecular weight is 193 g/mol. The highest BCUT2D eigenvalue weighted by Gasteiger charge is 2.04. The largest absolute Gasteiger partial charge is 0.441 e. The monoisotopic (exact) mass is 192 g/mol. The topological polar surface area (TPSA) is 26.0 Å². The van der Waals surface area contributed by atoms with Crippen molar-refractivity contribution in [2.75, 3.05) is 0 Å². The summed E-state index contributed by atoms with van der Waals surface area (Å²) in [7, 11) is 0. The summed E-state index contributed by atoms with van der Waals surface area (Å²) in [5, 5.41) is 0.674. The molecule has 0 unspecified atom stereocenters. The van der Waals surface area contributed by atoms with Crippen LogP contribution in [0.15, 0.2) is 28.7 Å².